The molecule has 1 heterocycles. The molecule has 1 aromatic carbocycles. The van der Waals surface area contributed by atoms with Gasteiger partial charge in [-0.2, -0.15) is 0 Å². The van der Waals surface area contributed by atoms with Crippen LogP contribution in [0.4, 0.5) is 8.78 Å². The monoisotopic (exact) mass is 242 g/mol. The van der Waals surface area contributed by atoms with Crippen LogP contribution < -0.4 is 4.65 Å². The molecule has 0 unspecified atom stereocenters. The molecular weight excluding hydrogens is 233 g/mol. The summed E-state index contributed by atoms with van der Waals surface area (Å²) < 4.78 is 30.3. The van der Waals surface area contributed by atoms with Crippen molar-refractivity contribution < 1.29 is 28.4 Å². The molecule has 1 aliphatic rings. The van der Waals surface area contributed by atoms with E-state index in [1.54, 1.807) is 0 Å². The number of halogens is 2. The van der Waals surface area contributed by atoms with Crippen molar-refractivity contribution in [3.05, 3.63) is 28.8 Å². The summed E-state index contributed by atoms with van der Waals surface area (Å²) in [6.07, 6.45) is -2.17. The van der Waals surface area contributed by atoms with Crippen LogP contribution in [0.2, 0.25) is 6.32 Å². The Morgan fingerprint density at radius 3 is 2.76 bits per heavy atom. The van der Waals surface area contributed by atoms with E-state index >= 15 is 0 Å². The second-order valence-corrected chi connectivity index (χ2v) is 3.74. The molecule has 17 heavy (non-hydrogen) atoms. The molecule has 0 atom stereocenters. The Bertz CT molecular complexity index is 464. The van der Waals surface area contributed by atoms with Gasteiger partial charge in [0.25, 0.3) is 6.43 Å². The summed E-state index contributed by atoms with van der Waals surface area (Å²) in [6.45, 7) is 0. The van der Waals surface area contributed by atoms with Crippen LogP contribution in [0.3, 0.4) is 0 Å². The molecule has 0 aromatic heterocycles. The van der Waals surface area contributed by atoms with E-state index in [0.717, 1.165) is 6.07 Å². The average molecular weight is 242 g/mol. The molecule has 4 nitrogen and oxygen atoms in total. The van der Waals surface area contributed by atoms with Crippen LogP contribution in [0.1, 0.15) is 27.9 Å². The molecule has 0 bridgehead atoms. The second kappa shape index (κ2) is 4.33. The van der Waals surface area contributed by atoms with Gasteiger partial charge in [0.05, 0.1) is 0 Å². The molecule has 0 fully saturated rings. The zero-order valence-corrected chi connectivity index (χ0v) is 8.69. The quantitative estimate of drug-likeness (QED) is 0.775. The first-order valence-corrected chi connectivity index (χ1v) is 5.02. The molecule has 2 rings (SSSR count). The van der Waals surface area contributed by atoms with Crippen LogP contribution in [0, 0.1) is 0 Å². The van der Waals surface area contributed by atoms with Gasteiger partial charge in [0.15, 0.2) is 0 Å². The van der Waals surface area contributed by atoms with Gasteiger partial charge in [0.2, 0.25) is 0 Å². The fraction of sp³-hybridized carbons (Fsp3) is 0.300. The van der Waals surface area contributed by atoms with Crippen LogP contribution >= 0.6 is 0 Å². The zero-order chi connectivity index (χ0) is 12.6. The van der Waals surface area contributed by atoms with E-state index in [1.165, 1.54) is 6.07 Å². The Balaban J connectivity index is 2.60. The minimum Gasteiger partial charge on any atom is -0.535 e. The fourth-order valence-electron chi connectivity index (χ4n) is 1.85. The number of alkyl halides is 2. The molecule has 1 aliphatic heterocycles. The number of hydrogen-bond donors (Lipinski definition) is 2. The number of carboxylic acid groups (broad SMARTS) is 1. The highest BCUT2D eigenvalue weighted by molar-refractivity contribution is 6.44. The smallest absolute Gasteiger partial charge is 0.522 e. The highest BCUT2D eigenvalue weighted by atomic mass is 19.3. The Morgan fingerprint density at radius 2 is 2.18 bits per heavy atom. The second-order valence-electron chi connectivity index (χ2n) is 3.74. The van der Waals surface area contributed by atoms with E-state index in [0.29, 0.717) is 18.3 Å². The molecule has 7 heteroatoms. The Labute approximate surface area is 96.0 Å². The van der Waals surface area contributed by atoms with E-state index < -0.39 is 30.6 Å². The highest BCUT2D eigenvalue weighted by Gasteiger charge is 2.31. The molecule has 2 N–H and O–H groups in total. The average Bonchev–Trinajstić information content (AvgIpc) is 2.26. The number of aromatic carboxylic acids is 1. The molecular formula is C10H9BF2O4. The van der Waals surface area contributed by atoms with Crippen LogP contribution in [0.5, 0.6) is 5.75 Å². The summed E-state index contributed by atoms with van der Waals surface area (Å²) >= 11 is 0. The number of carboxylic acids is 1. The van der Waals surface area contributed by atoms with E-state index in [9.17, 15) is 18.6 Å². The summed E-state index contributed by atoms with van der Waals surface area (Å²) in [6, 6.07) is 2.50. The summed E-state index contributed by atoms with van der Waals surface area (Å²) in [5.41, 5.74) is -0.626. The van der Waals surface area contributed by atoms with Gasteiger partial charge >= 0.3 is 13.1 Å². The van der Waals surface area contributed by atoms with Gasteiger partial charge in [0, 0.05) is 5.56 Å². The number of carbonyl (C=O) groups is 1. The minimum absolute atomic E-state index is 0.144. The largest absolute Gasteiger partial charge is 0.535 e. The Morgan fingerprint density at radius 1 is 1.47 bits per heavy atom. The predicted octanol–water partition coefficient (Wildman–Crippen LogP) is 1.74. The first-order valence-electron chi connectivity index (χ1n) is 5.02. The molecule has 1 aromatic rings. The third-order valence-electron chi connectivity index (χ3n) is 2.63. The third kappa shape index (κ3) is 2.10. The summed E-state index contributed by atoms with van der Waals surface area (Å²) in [4.78, 5) is 11.0. The van der Waals surface area contributed by atoms with E-state index in [4.69, 9.17) is 9.76 Å². The van der Waals surface area contributed by atoms with Crippen molar-refractivity contribution in [2.24, 2.45) is 0 Å². The SMILES string of the molecule is O=C(O)c1c(C(F)F)ccc2c1OB(O)CC2. The summed E-state index contributed by atoms with van der Waals surface area (Å²) in [5, 5.41) is 18.3. The van der Waals surface area contributed by atoms with Crippen LogP contribution in [-0.4, -0.2) is 23.2 Å². The Kier molecular flexibility index (Phi) is 3.02. The van der Waals surface area contributed by atoms with Crippen molar-refractivity contribution in [1.82, 2.24) is 0 Å². The van der Waals surface area contributed by atoms with Crippen LogP contribution in [0.25, 0.3) is 0 Å². The van der Waals surface area contributed by atoms with Gasteiger partial charge < -0.3 is 14.8 Å². The molecule has 0 aliphatic carbocycles. The molecule has 0 saturated carbocycles. The first kappa shape index (κ1) is 11.8. The van der Waals surface area contributed by atoms with Crippen molar-refractivity contribution in [3.8, 4) is 5.75 Å². The Hall–Kier alpha value is -1.63. The highest BCUT2D eigenvalue weighted by Crippen LogP contribution is 2.36. The van der Waals surface area contributed by atoms with Crippen LogP contribution in [-0.2, 0) is 6.42 Å². The number of fused-ring (bicyclic) bond motifs is 1. The first-order chi connectivity index (χ1) is 8.00. The molecule has 0 radical (unpaired) electrons. The van der Waals surface area contributed by atoms with E-state index in [2.05, 4.69) is 0 Å². The number of rotatable bonds is 2. The van der Waals surface area contributed by atoms with Crippen molar-refractivity contribution in [2.45, 2.75) is 19.2 Å². The van der Waals surface area contributed by atoms with Crippen LogP contribution in [0.15, 0.2) is 12.1 Å². The minimum atomic E-state index is -2.89. The normalized spacial score (nSPS) is 14.5. The van der Waals surface area contributed by atoms with E-state index in [-0.39, 0.29) is 5.75 Å². The van der Waals surface area contributed by atoms with Gasteiger partial charge in [0.1, 0.15) is 11.3 Å². The van der Waals surface area contributed by atoms with Gasteiger partial charge in [-0.1, -0.05) is 12.1 Å². The standard InChI is InChI=1S/C10H9BF2O4/c12-9(13)6-2-1-5-3-4-11(16)17-8(5)7(6)10(14)15/h1-2,9,16H,3-4H2,(H,14,15). The molecule has 0 saturated heterocycles. The topological polar surface area (TPSA) is 66.8 Å². The van der Waals surface area contributed by atoms with Crippen molar-refractivity contribution in [3.63, 3.8) is 0 Å². The number of aryl methyl sites for hydroxylation is 1. The van der Waals surface area contributed by atoms with Gasteiger partial charge in [-0.15, -0.1) is 0 Å². The van der Waals surface area contributed by atoms with Crippen molar-refractivity contribution in [2.75, 3.05) is 0 Å². The van der Waals surface area contributed by atoms with Gasteiger partial charge in [-0.05, 0) is 18.3 Å². The van der Waals surface area contributed by atoms with E-state index in [1.807, 2.05) is 0 Å². The summed E-state index contributed by atoms with van der Waals surface area (Å²) in [7, 11) is -1.14. The lowest BCUT2D eigenvalue weighted by atomic mass is 9.78. The number of benzene rings is 1. The lowest BCUT2D eigenvalue weighted by molar-refractivity contribution is 0.0681. The maximum Gasteiger partial charge on any atom is 0.522 e. The molecule has 0 spiro atoms. The number of hydrogen-bond acceptors (Lipinski definition) is 3. The predicted molar refractivity (Wildman–Crippen MR) is 55.5 cm³/mol. The van der Waals surface area contributed by atoms with Crippen molar-refractivity contribution >= 4 is 13.1 Å². The molecule has 90 valence electrons. The fourth-order valence-corrected chi connectivity index (χ4v) is 1.85. The third-order valence-corrected chi connectivity index (χ3v) is 2.63. The maximum atomic E-state index is 12.7. The van der Waals surface area contributed by atoms with Crippen molar-refractivity contribution in [1.29, 1.82) is 0 Å². The van der Waals surface area contributed by atoms with Gasteiger partial charge in [-0.3, -0.25) is 0 Å². The maximum absolute atomic E-state index is 12.7. The lowest BCUT2D eigenvalue weighted by Crippen LogP contribution is -2.28. The van der Waals surface area contributed by atoms with Gasteiger partial charge in [-0.25, -0.2) is 13.6 Å². The zero-order valence-electron chi connectivity index (χ0n) is 8.69. The molecule has 0 amide bonds. The lowest BCUT2D eigenvalue weighted by Gasteiger charge is -2.22. The summed E-state index contributed by atoms with van der Waals surface area (Å²) in [5.74, 6) is -1.62.